The van der Waals surface area contributed by atoms with Gasteiger partial charge in [0.25, 0.3) is 5.97 Å². The van der Waals surface area contributed by atoms with E-state index >= 15 is 0 Å². The summed E-state index contributed by atoms with van der Waals surface area (Å²) in [7, 11) is 1.93. The van der Waals surface area contributed by atoms with Gasteiger partial charge >= 0.3 is 51.4 Å². The first-order chi connectivity index (χ1) is 3.65. The summed E-state index contributed by atoms with van der Waals surface area (Å²) in [6.07, 6.45) is 0. The van der Waals surface area contributed by atoms with Crippen LogP contribution >= 0.6 is 0 Å². The van der Waals surface area contributed by atoms with Crippen molar-refractivity contribution in [1.82, 2.24) is 5.32 Å². The zero-order valence-corrected chi connectivity index (χ0v) is 9.69. The van der Waals surface area contributed by atoms with Gasteiger partial charge in [0.2, 0.25) is 0 Å². The third-order valence-corrected chi connectivity index (χ3v) is 0.354. The Balaban J connectivity index is -0.0000000300. The molecule has 0 fully saturated rings. The second-order valence-electron chi connectivity index (χ2n) is 1.23. The smallest absolute Gasteiger partial charge is 1.00 e. The van der Waals surface area contributed by atoms with Crippen LogP contribution in [-0.2, 0) is 4.79 Å². The zero-order chi connectivity index (χ0) is 6.99. The molecule has 9 heavy (non-hydrogen) atoms. The van der Waals surface area contributed by atoms with E-state index in [0.717, 1.165) is 13.5 Å². The van der Waals surface area contributed by atoms with Crippen LogP contribution in [0, 0.1) is 0 Å². The van der Waals surface area contributed by atoms with Crippen molar-refractivity contribution in [2.24, 2.45) is 0 Å². The molecule has 0 aliphatic heterocycles. The van der Waals surface area contributed by atoms with Crippen LogP contribution in [-0.4, -0.2) is 24.7 Å². The standard InChI is InChI=1S/C3H9N.C2H4O2.K.H/c1-3-4-2;1-2(3)4;;/h4H,3H2,1-2H3;1H3,(H,3,4);;/q;;+1;-1. The summed E-state index contributed by atoms with van der Waals surface area (Å²) >= 11 is 0. The monoisotopic (exact) mass is 159 g/mol. The van der Waals surface area contributed by atoms with E-state index in [-0.39, 0.29) is 52.8 Å². The number of nitrogens with one attached hydrogen (secondary N) is 1. The third kappa shape index (κ3) is 106. The Kier molecular flexibility index (Phi) is 29.5. The largest absolute Gasteiger partial charge is 1.00 e. The zero-order valence-electron chi connectivity index (χ0n) is 7.56. The number of hydrogen-bond donors (Lipinski definition) is 2. The molecular weight excluding hydrogens is 145 g/mol. The second-order valence-corrected chi connectivity index (χ2v) is 1.23. The molecule has 0 aliphatic rings. The molecule has 2 N–H and O–H groups in total. The number of aliphatic carboxylic acids is 1. The van der Waals surface area contributed by atoms with Gasteiger partial charge in [-0.1, -0.05) is 6.92 Å². The van der Waals surface area contributed by atoms with Crippen molar-refractivity contribution in [2.45, 2.75) is 13.8 Å². The van der Waals surface area contributed by atoms with Gasteiger partial charge in [0, 0.05) is 6.92 Å². The van der Waals surface area contributed by atoms with Gasteiger partial charge in [0.15, 0.2) is 0 Å². The first-order valence-corrected chi connectivity index (χ1v) is 2.49. The first kappa shape index (κ1) is 16.6. The summed E-state index contributed by atoms with van der Waals surface area (Å²) in [5.41, 5.74) is 0. The van der Waals surface area contributed by atoms with Crippen LogP contribution in [0.25, 0.3) is 0 Å². The summed E-state index contributed by atoms with van der Waals surface area (Å²) < 4.78 is 0. The van der Waals surface area contributed by atoms with Crippen LogP contribution in [0.2, 0.25) is 0 Å². The number of hydrogen-bond acceptors (Lipinski definition) is 2. The minimum atomic E-state index is -0.833. The van der Waals surface area contributed by atoms with E-state index in [9.17, 15) is 0 Å². The summed E-state index contributed by atoms with van der Waals surface area (Å²) in [5.74, 6) is -0.833. The average Bonchev–Trinajstić information content (AvgIpc) is 1.65. The molecule has 0 rings (SSSR count). The fraction of sp³-hybridized carbons (Fsp3) is 0.800. The van der Waals surface area contributed by atoms with Crippen molar-refractivity contribution in [3.05, 3.63) is 0 Å². The maximum atomic E-state index is 9.00. The minimum Gasteiger partial charge on any atom is -1.00 e. The second kappa shape index (κ2) is 16.0. The summed E-state index contributed by atoms with van der Waals surface area (Å²) in [5, 5.41) is 10.3. The van der Waals surface area contributed by atoms with E-state index in [1.165, 1.54) is 0 Å². The molecule has 0 bridgehead atoms. The molecule has 0 spiro atoms. The molecule has 4 heteroatoms. The Morgan fingerprint density at radius 2 is 1.89 bits per heavy atom. The van der Waals surface area contributed by atoms with Gasteiger partial charge < -0.3 is 11.8 Å². The van der Waals surface area contributed by atoms with Crippen molar-refractivity contribution < 1.29 is 62.7 Å². The van der Waals surface area contributed by atoms with Gasteiger partial charge in [-0.15, -0.1) is 0 Å². The molecular formula is C5H14KNO2. The van der Waals surface area contributed by atoms with E-state index < -0.39 is 5.97 Å². The summed E-state index contributed by atoms with van der Waals surface area (Å²) in [6, 6.07) is 0. The normalized spacial score (nSPS) is 6.11. The van der Waals surface area contributed by atoms with Crippen molar-refractivity contribution >= 4 is 5.97 Å². The summed E-state index contributed by atoms with van der Waals surface area (Å²) in [6.45, 7) is 4.22. The molecule has 0 heterocycles. The Morgan fingerprint density at radius 3 is 1.89 bits per heavy atom. The molecule has 0 aliphatic carbocycles. The molecule has 0 aromatic carbocycles. The number of carboxylic acids is 1. The van der Waals surface area contributed by atoms with Crippen molar-refractivity contribution in [3.63, 3.8) is 0 Å². The Bertz CT molecular complexity index is 57.6. The first-order valence-electron chi connectivity index (χ1n) is 2.49. The molecule has 0 saturated heterocycles. The van der Waals surface area contributed by atoms with E-state index in [1.54, 1.807) is 0 Å². The Hall–Kier alpha value is 1.07. The van der Waals surface area contributed by atoms with Crippen LogP contribution in [0.15, 0.2) is 0 Å². The summed E-state index contributed by atoms with van der Waals surface area (Å²) in [4.78, 5) is 9.00. The molecule has 0 aromatic rings. The van der Waals surface area contributed by atoms with Crippen molar-refractivity contribution in [1.29, 1.82) is 0 Å². The van der Waals surface area contributed by atoms with Gasteiger partial charge in [-0.3, -0.25) is 4.79 Å². The van der Waals surface area contributed by atoms with E-state index in [1.807, 2.05) is 7.05 Å². The van der Waals surface area contributed by atoms with E-state index in [0.29, 0.717) is 0 Å². The topological polar surface area (TPSA) is 49.3 Å². The fourth-order valence-corrected chi connectivity index (χ4v) is 0. The molecule has 3 nitrogen and oxygen atoms in total. The van der Waals surface area contributed by atoms with Gasteiger partial charge in [-0.2, -0.15) is 0 Å². The van der Waals surface area contributed by atoms with Crippen LogP contribution in [0.5, 0.6) is 0 Å². The molecule has 0 aromatic heterocycles. The van der Waals surface area contributed by atoms with Gasteiger partial charge in [0.1, 0.15) is 0 Å². The van der Waals surface area contributed by atoms with Crippen molar-refractivity contribution in [3.8, 4) is 0 Å². The third-order valence-electron chi connectivity index (χ3n) is 0.354. The van der Waals surface area contributed by atoms with Crippen LogP contribution in [0.4, 0.5) is 0 Å². The van der Waals surface area contributed by atoms with Gasteiger partial charge in [0.05, 0.1) is 0 Å². The van der Waals surface area contributed by atoms with Gasteiger partial charge in [-0.25, -0.2) is 0 Å². The van der Waals surface area contributed by atoms with Crippen LogP contribution in [0.1, 0.15) is 15.3 Å². The fourth-order valence-electron chi connectivity index (χ4n) is 0. The SMILES string of the molecule is CC(=O)O.CCNC.[H-].[K+]. The number of carbonyl (C=O) groups is 1. The average molecular weight is 159 g/mol. The van der Waals surface area contributed by atoms with Gasteiger partial charge in [-0.05, 0) is 13.6 Å². The number of carboxylic acid groups (broad SMARTS) is 1. The molecule has 0 atom stereocenters. The minimum absolute atomic E-state index is 0. The molecule has 0 amide bonds. The van der Waals surface area contributed by atoms with E-state index in [2.05, 4.69) is 12.2 Å². The maximum Gasteiger partial charge on any atom is 1.00 e. The molecule has 0 unspecified atom stereocenters. The Labute approximate surface area is 100 Å². The van der Waals surface area contributed by atoms with Crippen LogP contribution < -0.4 is 56.7 Å². The predicted molar refractivity (Wildman–Crippen MR) is 34.0 cm³/mol. The Morgan fingerprint density at radius 1 is 1.78 bits per heavy atom. The molecule has 0 saturated carbocycles. The van der Waals surface area contributed by atoms with E-state index in [4.69, 9.17) is 9.90 Å². The quantitative estimate of drug-likeness (QED) is 0.414. The number of rotatable bonds is 1. The van der Waals surface area contributed by atoms with Crippen LogP contribution in [0.3, 0.4) is 0 Å². The molecule has 0 radical (unpaired) electrons. The maximum absolute atomic E-state index is 9.00. The van der Waals surface area contributed by atoms with Crippen molar-refractivity contribution in [2.75, 3.05) is 13.6 Å². The molecule has 52 valence electrons. The predicted octanol–water partition coefficient (Wildman–Crippen LogP) is -2.57.